The first-order chi connectivity index (χ1) is 10.5. The predicted molar refractivity (Wildman–Crippen MR) is 83.4 cm³/mol. The maximum absolute atomic E-state index is 11.5. The molecule has 0 heterocycles. The predicted octanol–water partition coefficient (Wildman–Crippen LogP) is 2.22. The van der Waals surface area contributed by atoms with Gasteiger partial charge in [0.25, 0.3) is 0 Å². The van der Waals surface area contributed by atoms with Gasteiger partial charge in [0.15, 0.2) is 0 Å². The summed E-state index contributed by atoms with van der Waals surface area (Å²) in [5.41, 5.74) is 0. The van der Waals surface area contributed by atoms with Crippen molar-refractivity contribution in [2.75, 3.05) is 0 Å². The zero-order valence-electron chi connectivity index (χ0n) is 11.6. The van der Waals surface area contributed by atoms with Crippen LogP contribution in [0.15, 0.2) is 0 Å². The summed E-state index contributed by atoms with van der Waals surface area (Å²) in [5.74, 6) is -4.37. The highest BCUT2D eigenvalue weighted by Gasteiger charge is 2.27. The van der Waals surface area contributed by atoms with Gasteiger partial charge in [-0.15, -0.1) is 46.4 Å². The average molecular weight is 412 g/mol. The monoisotopic (exact) mass is 410 g/mol. The molecular weight excluding hydrogens is 398 g/mol. The average Bonchev–Trinajstić information content (AvgIpc) is 2.36. The Kier molecular flexibility index (Phi) is 10.6. The van der Waals surface area contributed by atoms with Crippen molar-refractivity contribution in [2.45, 2.75) is 47.2 Å². The molecule has 0 saturated carbocycles. The van der Waals surface area contributed by atoms with Crippen LogP contribution in [0.1, 0.15) is 25.7 Å². The quantitative estimate of drug-likeness (QED) is 0.321. The molecule has 0 saturated heterocycles. The molecule has 23 heavy (non-hydrogen) atoms. The van der Waals surface area contributed by atoms with E-state index in [0.29, 0.717) is 0 Å². The molecule has 0 aliphatic carbocycles. The summed E-state index contributed by atoms with van der Waals surface area (Å²) in [6, 6.07) is 0. The molecule has 0 radical (unpaired) electrons. The molecule has 132 valence electrons. The lowest BCUT2D eigenvalue weighted by atomic mass is 10.1. The largest absolute Gasteiger partial charge is 0.481 e. The lowest BCUT2D eigenvalue weighted by Crippen LogP contribution is -2.27. The van der Waals surface area contributed by atoms with E-state index in [1.807, 2.05) is 0 Å². The number of aliphatic carboxylic acids is 2. The van der Waals surface area contributed by atoms with Crippen LogP contribution in [0, 0.1) is 0 Å². The van der Waals surface area contributed by atoms with Crippen molar-refractivity contribution in [3.05, 3.63) is 0 Å². The summed E-state index contributed by atoms with van der Waals surface area (Å²) in [4.78, 5) is 43.9. The maximum atomic E-state index is 11.5. The van der Waals surface area contributed by atoms with Crippen LogP contribution in [-0.4, -0.2) is 55.6 Å². The van der Waals surface area contributed by atoms with E-state index in [9.17, 15) is 19.2 Å². The number of carbonyl (C=O) groups is 4. The van der Waals surface area contributed by atoms with Crippen LogP contribution < -0.4 is 0 Å². The third-order valence-electron chi connectivity index (χ3n) is 2.48. The molecule has 2 N–H and O–H groups in total. The van der Waals surface area contributed by atoms with Gasteiger partial charge in [-0.25, -0.2) is 0 Å². The van der Waals surface area contributed by atoms with E-state index in [0.717, 1.165) is 0 Å². The Bertz CT molecular complexity index is 417. The van der Waals surface area contributed by atoms with Crippen LogP contribution in [-0.2, 0) is 23.9 Å². The van der Waals surface area contributed by atoms with E-state index >= 15 is 0 Å². The Labute approximate surface area is 151 Å². The third kappa shape index (κ3) is 10.6. The molecule has 0 amide bonds. The first kappa shape index (κ1) is 22.2. The van der Waals surface area contributed by atoms with Crippen molar-refractivity contribution in [1.82, 2.24) is 0 Å². The molecule has 4 unspecified atom stereocenters. The van der Waals surface area contributed by atoms with E-state index < -0.39 is 71.1 Å². The number of halogens is 4. The molecule has 0 fully saturated rings. The van der Waals surface area contributed by atoms with Crippen LogP contribution >= 0.6 is 46.4 Å². The Morgan fingerprint density at radius 3 is 1.17 bits per heavy atom. The zero-order chi connectivity index (χ0) is 18.2. The summed E-state index contributed by atoms with van der Waals surface area (Å²) in [6.07, 6.45) is -1.85. The Morgan fingerprint density at radius 2 is 0.913 bits per heavy atom. The van der Waals surface area contributed by atoms with Gasteiger partial charge in [0.1, 0.15) is 0 Å². The minimum absolute atomic E-state index is 0.455. The van der Waals surface area contributed by atoms with E-state index in [2.05, 4.69) is 4.74 Å². The molecule has 7 nitrogen and oxygen atoms in total. The van der Waals surface area contributed by atoms with Crippen LogP contribution in [0.25, 0.3) is 0 Å². The number of rotatable bonds is 10. The smallest absolute Gasteiger partial charge is 0.314 e. The van der Waals surface area contributed by atoms with Crippen molar-refractivity contribution in [3.8, 4) is 0 Å². The van der Waals surface area contributed by atoms with Gasteiger partial charge in [-0.3, -0.25) is 19.2 Å². The lowest BCUT2D eigenvalue weighted by Gasteiger charge is -2.15. The zero-order valence-corrected chi connectivity index (χ0v) is 14.6. The second kappa shape index (κ2) is 10.9. The molecule has 0 rings (SSSR count). The maximum Gasteiger partial charge on any atom is 0.314 e. The number of esters is 2. The number of carbonyl (C=O) groups excluding carboxylic acids is 2. The molecule has 0 bridgehead atoms. The number of carboxylic acids is 2. The van der Waals surface area contributed by atoms with Gasteiger partial charge in [0, 0.05) is 0 Å². The summed E-state index contributed by atoms with van der Waals surface area (Å²) >= 11 is 22.9. The molecule has 0 aliphatic rings. The van der Waals surface area contributed by atoms with E-state index in [-0.39, 0.29) is 0 Å². The Balaban J connectivity index is 4.26. The van der Waals surface area contributed by atoms with Gasteiger partial charge in [0.05, 0.1) is 47.2 Å². The van der Waals surface area contributed by atoms with Crippen molar-refractivity contribution < 1.29 is 34.1 Å². The van der Waals surface area contributed by atoms with E-state index in [1.54, 1.807) is 0 Å². The van der Waals surface area contributed by atoms with Crippen LogP contribution in [0.2, 0.25) is 0 Å². The van der Waals surface area contributed by atoms with Crippen molar-refractivity contribution in [2.24, 2.45) is 0 Å². The lowest BCUT2D eigenvalue weighted by molar-refractivity contribution is -0.160. The first-order valence-corrected chi connectivity index (χ1v) is 8.00. The van der Waals surface area contributed by atoms with Crippen LogP contribution in [0.5, 0.6) is 0 Å². The summed E-state index contributed by atoms with van der Waals surface area (Å²) in [6.45, 7) is 0. The van der Waals surface area contributed by atoms with Gasteiger partial charge in [-0.2, -0.15) is 0 Å². The highest BCUT2D eigenvalue weighted by molar-refractivity contribution is 6.31. The van der Waals surface area contributed by atoms with Gasteiger partial charge in [-0.1, -0.05) is 0 Å². The number of ether oxygens (including phenoxy) is 1. The number of hydrogen-bond acceptors (Lipinski definition) is 5. The minimum Gasteiger partial charge on any atom is -0.481 e. The second-order valence-corrected chi connectivity index (χ2v) is 6.76. The fraction of sp³-hybridized carbons (Fsp3) is 0.667. The molecule has 0 aromatic rings. The first-order valence-electron chi connectivity index (χ1n) is 6.26. The van der Waals surface area contributed by atoms with Crippen molar-refractivity contribution in [1.29, 1.82) is 0 Å². The molecule has 11 heteroatoms. The minimum atomic E-state index is -1.18. The van der Waals surface area contributed by atoms with E-state index in [1.165, 1.54) is 0 Å². The third-order valence-corrected chi connectivity index (χ3v) is 4.57. The molecule has 0 spiro atoms. The van der Waals surface area contributed by atoms with Gasteiger partial charge in [-0.05, 0) is 0 Å². The van der Waals surface area contributed by atoms with Gasteiger partial charge >= 0.3 is 23.9 Å². The Hall–Kier alpha value is -0.760. The fourth-order valence-corrected chi connectivity index (χ4v) is 2.25. The van der Waals surface area contributed by atoms with Crippen LogP contribution in [0.3, 0.4) is 0 Å². The fourth-order valence-electron chi connectivity index (χ4n) is 1.37. The van der Waals surface area contributed by atoms with Crippen molar-refractivity contribution in [3.63, 3.8) is 0 Å². The van der Waals surface area contributed by atoms with Gasteiger partial charge in [0.2, 0.25) is 0 Å². The number of hydrogen-bond donors (Lipinski definition) is 2. The molecule has 0 aliphatic heterocycles. The number of carboxylic acid groups (broad SMARTS) is 2. The highest BCUT2D eigenvalue weighted by atomic mass is 35.5. The topological polar surface area (TPSA) is 118 Å². The summed E-state index contributed by atoms with van der Waals surface area (Å²) in [7, 11) is 0. The normalized spacial score (nSPS) is 16.0. The summed E-state index contributed by atoms with van der Waals surface area (Å²) in [5, 5.41) is 13.0. The molecular formula is C12H14Cl4O7. The highest BCUT2D eigenvalue weighted by Crippen LogP contribution is 2.20. The second-order valence-electron chi connectivity index (χ2n) is 4.51. The van der Waals surface area contributed by atoms with E-state index in [4.69, 9.17) is 56.6 Å². The van der Waals surface area contributed by atoms with Crippen molar-refractivity contribution >= 4 is 70.3 Å². The standard InChI is InChI=1S/C12H14Cl4O7/c13-5(1-9(17)18)7(15)3-11(21)23-12(22)4-8(16)6(14)2-10(19)20/h5-8H,1-4H2,(H,17,18)(H,19,20). The molecule has 0 aromatic carbocycles. The van der Waals surface area contributed by atoms with Gasteiger partial charge < -0.3 is 14.9 Å². The SMILES string of the molecule is O=C(O)CC(Cl)C(Cl)CC(=O)OC(=O)CC(Cl)C(Cl)CC(=O)O. The number of alkyl halides is 4. The van der Waals surface area contributed by atoms with Crippen LogP contribution in [0.4, 0.5) is 0 Å². The molecule has 4 atom stereocenters. The Morgan fingerprint density at radius 1 is 0.652 bits per heavy atom. The summed E-state index contributed by atoms with van der Waals surface area (Å²) < 4.78 is 4.44. The molecule has 0 aromatic heterocycles.